The number of aromatic nitrogens is 5. The van der Waals surface area contributed by atoms with Crippen LogP contribution in [-0.4, -0.2) is 31.2 Å². The average Bonchev–Trinajstić information content (AvgIpc) is 3.52. The van der Waals surface area contributed by atoms with E-state index in [1.165, 1.54) is 11.8 Å². The summed E-state index contributed by atoms with van der Waals surface area (Å²) in [7, 11) is 0. The Labute approximate surface area is 192 Å². The van der Waals surface area contributed by atoms with Crippen molar-refractivity contribution in [3.05, 3.63) is 78.7 Å². The normalized spacial score (nSPS) is 11.0. The number of thioether (sulfide) groups is 1. The van der Waals surface area contributed by atoms with Crippen LogP contribution in [0.3, 0.4) is 0 Å². The second kappa shape index (κ2) is 9.61. The number of carbonyl (C=O) groups is 1. The fourth-order valence-electron chi connectivity index (χ4n) is 3.22. The topological polar surface area (TPSA) is 120 Å². The van der Waals surface area contributed by atoms with Gasteiger partial charge in [-0.05, 0) is 23.6 Å². The molecule has 0 atom stereocenters. The van der Waals surface area contributed by atoms with Crippen LogP contribution in [0.15, 0.2) is 81.2 Å². The summed E-state index contributed by atoms with van der Waals surface area (Å²) in [5.41, 5.74) is 1.58. The number of benzene rings is 2. The number of anilines is 1. The predicted octanol–water partition coefficient (Wildman–Crippen LogP) is 4.53. The minimum absolute atomic E-state index is 0.116. The first-order valence-corrected chi connectivity index (χ1v) is 11.2. The second-order valence-corrected chi connectivity index (χ2v) is 8.00. The number of nitrogens with zero attached hydrogens (tertiary/aromatic N) is 5. The molecule has 0 fully saturated rings. The van der Waals surface area contributed by atoms with Gasteiger partial charge in [-0.25, -0.2) is 0 Å². The van der Waals surface area contributed by atoms with Crippen LogP contribution in [0.1, 0.15) is 18.1 Å². The van der Waals surface area contributed by atoms with Crippen molar-refractivity contribution in [3.8, 4) is 11.5 Å². The second-order valence-electron chi connectivity index (χ2n) is 7.08. The fraction of sp³-hybridized carbons (Fsp3) is 0.130. The van der Waals surface area contributed by atoms with Crippen molar-refractivity contribution in [1.29, 1.82) is 0 Å². The van der Waals surface area contributed by atoms with Crippen molar-refractivity contribution in [3.63, 3.8) is 0 Å². The van der Waals surface area contributed by atoms with Crippen LogP contribution >= 0.6 is 11.8 Å². The molecule has 3 aromatic heterocycles. The SMILES string of the molecule is O=C(CCc1nc(CSc2nnc(-c3ccncc3)o2)no1)Nc1cccc2ccccc12. The Morgan fingerprint density at radius 3 is 2.76 bits per heavy atom. The fourth-order valence-corrected chi connectivity index (χ4v) is 3.83. The number of amides is 1. The number of hydrogen-bond donors (Lipinski definition) is 1. The quantitative estimate of drug-likeness (QED) is 0.334. The van der Waals surface area contributed by atoms with Crippen LogP contribution in [-0.2, 0) is 17.0 Å². The first-order valence-electron chi connectivity index (χ1n) is 10.2. The lowest BCUT2D eigenvalue weighted by molar-refractivity contribution is -0.116. The molecule has 164 valence electrons. The van der Waals surface area contributed by atoms with E-state index in [1.54, 1.807) is 24.5 Å². The molecule has 2 aromatic carbocycles. The molecule has 0 aliphatic heterocycles. The van der Waals surface area contributed by atoms with Gasteiger partial charge in [-0.15, -0.1) is 10.2 Å². The van der Waals surface area contributed by atoms with Crippen molar-refractivity contribution in [2.24, 2.45) is 0 Å². The van der Waals surface area contributed by atoms with E-state index in [4.69, 9.17) is 8.94 Å². The highest BCUT2D eigenvalue weighted by molar-refractivity contribution is 7.98. The smallest absolute Gasteiger partial charge is 0.277 e. The molecular weight excluding hydrogens is 440 g/mol. The highest BCUT2D eigenvalue weighted by atomic mass is 32.2. The van der Waals surface area contributed by atoms with Crippen molar-refractivity contribution < 1.29 is 13.7 Å². The number of aryl methyl sites for hydroxylation is 1. The van der Waals surface area contributed by atoms with Gasteiger partial charge in [0, 0.05) is 41.9 Å². The van der Waals surface area contributed by atoms with Crippen LogP contribution in [0, 0.1) is 0 Å². The van der Waals surface area contributed by atoms with Crippen molar-refractivity contribution in [1.82, 2.24) is 25.3 Å². The molecule has 0 spiro atoms. The molecule has 0 aliphatic rings. The van der Waals surface area contributed by atoms with E-state index in [0.717, 1.165) is 22.0 Å². The van der Waals surface area contributed by atoms with Gasteiger partial charge in [-0.1, -0.05) is 53.3 Å². The first kappa shape index (κ1) is 20.8. The molecular formula is C23H18N6O3S. The van der Waals surface area contributed by atoms with Gasteiger partial charge in [0.15, 0.2) is 5.82 Å². The summed E-state index contributed by atoms with van der Waals surface area (Å²) in [6.07, 6.45) is 3.91. The van der Waals surface area contributed by atoms with Crippen LogP contribution in [0.2, 0.25) is 0 Å². The number of nitrogens with one attached hydrogen (secondary N) is 1. The Balaban J connectivity index is 1.13. The number of carbonyl (C=O) groups excluding carboxylic acids is 1. The Bertz CT molecular complexity index is 1380. The molecule has 0 saturated heterocycles. The summed E-state index contributed by atoms with van der Waals surface area (Å²) >= 11 is 1.31. The molecule has 0 unspecified atom stereocenters. The van der Waals surface area contributed by atoms with E-state index in [9.17, 15) is 4.79 Å². The average molecular weight is 459 g/mol. The highest BCUT2D eigenvalue weighted by Crippen LogP contribution is 2.25. The largest absolute Gasteiger partial charge is 0.411 e. The molecule has 0 saturated carbocycles. The van der Waals surface area contributed by atoms with Crippen LogP contribution in [0.4, 0.5) is 5.69 Å². The predicted molar refractivity (Wildman–Crippen MR) is 122 cm³/mol. The zero-order valence-corrected chi connectivity index (χ0v) is 18.2. The monoisotopic (exact) mass is 458 g/mol. The van der Waals surface area contributed by atoms with Crippen molar-refractivity contribution in [2.75, 3.05) is 5.32 Å². The summed E-state index contributed by atoms with van der Waals surface area (Å²) in [6, 6.07) is 17.3. The van der Waals surface area contributed by atoms with E-state index >= 15 is 0 Å². The van der Waals surface area contributed by atoms with Crippen LogP contribution in [0.25, 0.3) is 22.2 Å². The van der Waals surface area contributed by atoms with Gasteiger partial charge in [0.05, 0.1) is 5.75 Å². The Morgan fingerprint density at radius 1 is 1.00 bits per heavy atom. The van der Waals surface area contributed by atoms with E-state index in [-0.39, 0.29) is 12.3 Å². The van der Waals surface area contributed by atoms with E-state index in [1.807, 2.05) is 42.5 Å². The number of pyridine rings is 1. The molecule has 0 radical (unpaired) electrons. The molecule has 1 amide bonds. The van der Waals surface area contributed by atoms with Gasteiger partial charge in [-0.3, -0.25) is 9.78 Å². The zero-order valence-electron chi connectivity index (χ0n) is 17.3. The van der Waals surface area contributed by atoms with Gasteiger partial charge in [0.2, 0.25) is 17.7 Å². The molecule has 9 nitrogen and oxygen atoms in total. The Hall–Kier alpha value is -4.05. The Morgan fingerprint density at radius 2 is 1.85 bits per heavy atom. The minimum atomic E-state index is -0.116. The maximum absolute atomic E-state index is 12.4. The lowest BCUT2D eigenvalue weighted by Gasteiger charge is -2.08. The minimum Gasteiger partial charge on any atom is -0.411 e. The van der Waals surface area contributed by atoms with E-state index in [2.05, 4.69) is 30.6 Å². The van der Waals surface area contributed by atoms with Crippen molar-refractivity contribution in [2.45, 2.75) is 23.8 Å². The highest BCUT2D eigenvalue weighted by Gasteiger charge is 2.13. The lowest BCUT2D eigenvalue weighted by atomic mass is 10.1. The van der Waals surface area contributed by atoms with Crippen LogP contribution in [0.5, 0.6) is 0 Å². The van der Waals surface area contributed by atoms with E-state index < -0.39 is 0 Å². The number of fused-ring (bicyclic) bond motifs is 1. The molecule has 0 aliphatic carbocycles. The zero-order chi connectivity index (χ0) is 22.5. The molecule has 1 N–H and O–H groups in total. The van der Waals surface area contributed by atoms with Gasteiger partial charge in [0.1, 0.15) is 0 Å². The summed E-state index contributed by atoms with van der Waals surface area (Å²) < 4.78 is 10.9. The maximum Gasteiger partial charge on any atom is 0.277 e. The molecule has 0 bridgehead atoms. The molecule has 3 heterocycles. The third-order valence-electron chi connectivity index (χ3n) is 4.80. The van der Waals surface area contributed by atoms with Gasteiger partial charge >= 0.3 is 0 Å². The standard InChI is InChI=1S/C23H18N6O3S/c30-20(25-18-7-3-5-15-4-1-2-6-17(15)18)8-9-21-26-19(29-32-21)14-33-23-28-27-22(31-23)16-10-12-24-13-11-16/h1-7,10-13H,8-9,14H2,(H,25,30). The molecule has 10 heteroatoms. The van der Waals surface area contributed by atoms with E-state index in [0.29, 0.717) is 35.0 Å². The number of rotatable bonds is 8. The molecule has 5 rings (SSSR count). The number of hydrogen-bond acceptors (Lipinski definition) is 9. The Kier molecular flexibility index (Phi) is 6.07. The molecule has 33 heavy (non-hydrogen) atoms. The van der Waals surface area contributed by atoms with Gasteiger partial charge in [-0.2, -0.15) is 4.98 Å². The summed E-state index contributed by atoms with van der Waals surface area (Å²) in [5, 5.41) is 17.5. The van der Waals surface area contributed by atoms with Crippen LogP contribution < -0.4 is 5.32 Å². The maximum atomic E-state index is 12.4. The molecule has 5 aromatic rings. The summed E-state index contributed by atoms with van der Waals surface area (Å²) in [6.45, 7) is 0. The third-order valence-corrected chi connectivity index (χ3v) is 5.61. The first-order chi connectivity index (χ1) is 16.2. The summed E-state index contributed by atoms with van der Waals surface area (Å²) in [4.78, 5) is 20.7. The summed E-state index contributed by atoms with van der Waals surface area (Å²) in [5.74, 6) is 1.61. The van der Waals surface area contributed by atoms with Crippen molar-refractivity contribution >= 4 is 34.1 Å². The lowest BCUT2D eigenvalue weighted by Crippen LogP contribution is -2.12. The van der Waals surface area contributed by atoms with Gasteiger partial charge < -0.3 is 14.3 Å². The van der Waals surface area contributed by atoms with Gasteiger partial charge in [0.25, 0.3) is 5.22 Å². The third kappa shape index (κ3) is 5.07.